The van der Waals surface area contributed by atoms with Gasteiger partial charge in [-0.3, -0.25) is 0 Å². The molecule has 0 saturated carbocycles. The summed E-state index contributed by atoms with van der Waals surface area (Å²) in [6.07, 6.45) is 21.5. The first kappa shape index (κ1) is 24.4. The molecule has 1 nitrogen and oxygen atoms in total. The van der Waals surface area contributed by atoms with Crippen molar-refractivity contribution in [3.63, 3.8) is 0 Å². The highest BCUT2D eigenvalue weighted by atomic mass is 16.3. The molecule has 4 aliphatic rings. The van der Waals surface area contributed by atoms with Crippen molar-refractivity contribution < 1.29 is 4.42 Å². The Morgan fingerprint density at radius 2 is 1.63 bits per heavy atom. The number of rotatable bonds is 2. The molecular formula is C40H34O. The van der Waals surface area contributed by atoms with E-state index in [2.05, 4.69) is 131 Å². The molecule has 0 saturated heterocycles. The summed E-state index contributed by atoms with van der Waals surface area (Å²) in [5.74, 6) is 0. The zero-order valence-electron chi connectivity index (χ0n) is 24.3. The molecule has 0 unspecified atom stereocenters. The maximum Gasteiger partial charge on any atom is 0.144 e. The Morgan fingerprint density at radius 1 is 0.854 bits per heavy atom. The Morgan fingerprint density at radius 3 is 2.46 bits per heavy atom. The molecule has 1 heteroatoms. The van der Waals surface area contributed by atoms with E-state index in [1.54, 1.807) is 0 Å². The van der Waals surface area contributed by atoms with E-state index in [0.717, 1.165) is 29.4 Å². The normalized spacial score (nSPS) is 19.2. The highest BCUT2D eigenvalue weighted by Crippen LogP contribution is 2.61. The molecular weight excluding hydrogens is 496 g/mol. The van der Waals surface area contributed by atoms with Crippen molar-refractivity contribution in [3.05, 3.63) is 136 Å². The van der Waals surface area contributed by atoms with Crippen LogP contribution in [0.2, 0.25) is 0 Å². The zero-order valence-corrected chi connectivity index (χ0v) is 24.3. The van der Waals surface area contributed by atoms with Crippen LogP contribution in [0.1, 0.15) is 68.4 Å². The maximum absolute atomic E-state index is 6.85. The van der Waals surface area contributed by atoms with Gasteiger partial charge in [-0.05, 0) is 80.6 Å². The summed E-state index contributed by atoms with van der Waals surface area (Å²) < 4.78 is 6.85. The van der Waals surface area contributed by atoms with Gasteiger partial charge in [0.1, 0.15) is 11.0 Å². The van der Waals surface area contributed by atoms with E-state index in [1.165, 1.54) is 66.2 Å². The first-order valence-electron chi connectivity index (χ1n) is 14.8. The van der Waals surface area contributed by atoms with E-state index in [0.29, 0.717) is 0 Å². The molecule has 8 rings (SSSR count). The second-order valence-corrected chi connectivity index (χ2v) is 12.9. The van der Waals surface area contributed by atoms with E-state index < -0.39 is 0 Å². The average Bonchev–Trinajstić information content (AvgIpc) is 3.43. The van der Waals surface area contributed by atoms with Crippen LogP contribution in [-0.4, -0.2) is 0 Å². The van der Waals surface area contributed by atoms with Gasteiger partial charge in [0.05, 0.1) is 0 Å². The lowest BCUT2D eigenvalue weighted by Gasteiger charge is -2.31. The maximum atomic E-state index is 6.85. The summed E-state index contributed by atoms with van der Waals surface area (Å²) in [5, 5.41) is 2.49. The molecule has 1 aromatic heterocycles. The standard InChI is InChI=1S/C40H34O/c1-24(22-25-14-8-6-9-15-25)26-20-21-28-31(23-26)40(4,5)36-33(28)34-29-17-10-7-11-19-32(29)41-38(34)35-27-16-12-13-18-30(27)39(2,3)37(35)36/h6-9,11-14,16-23H,1,10,15H2,2-5H3/b25-22-. The average molecular weight is 531 g/mol. The van der Waals surface area contributed by atoms with E-state index in [9.17, 15) is 0 Å². The van der Waals surface area contributed by atoms with Crippen molar-refractivity contribution in [1.29, 1.82) is 0 Å². The molecule has 4 aromatic rings. The van der Waals surface area contributed by atoms with E-state index in [4.69, 9.17) is 4.42 Å². The van der Waals surface area contributed by atoms with Crippen LogP contribution in [0, 0.1) is 0 Å². The number of hydrogen-bond acceptors (Lipinski definition) is 1. The summed E-state index contributed by atoms with van der Waals surface area (Å²) >= 11 is 0. The van der Waals surface area contributed by atoms with Crippen LogP contribution in [0.3, 0.4) is 0 Å². The van der Waals surface area contributed by atoms with Crippen LogP contribution in [0.25, 0.3) is 50.9 Å². The molecule has 0 atom stereocenters. The van der Waals surface area contributed by atoms with Gasteiger partial charge in [0.15, 0.2) is 0 Å². The summed E-state index contributed by atoms with van der Waals surface area (Å²) in [6, 6.07) is 16.0. The van der Waals surface area contributed by atoms with Gasteiger partial charge in [-0.1, -0.05) is 119 Å². The van der Waals surface area contributed by atoms with Gasteiger partial charge in [-0.15, -0.1) is 0 Å². The quantitative estimate of drug-likeness (QED) is 0.252. The molecule has 0 fully saturated rings. The Labute approximate surface area is 241 Å². The third kappa shape index (κ3) is 3.24. The summed E-state index contributed by atoms with van der Waals surface area (Å²) in [5.41, 5.74) is 16.1. The lowest BCUT2D eigenvalue weighted by atomic mass is 9.72. The van der Waals surface area contributed by atoms with Crippen molar-refractivity contribution >= 4 is 28.7 Å². The second-order valence-electron chi connectivity index (χ2n) is 12.9. The third-order valence-corrected chi connectivity index (χ3v) is 9.77. The minimum absolute atomic E-state index is 0.140. The predicted octanol–water partition coefficient (Wildman–Crippen LogP) is 9.02. The number of benzene rings is 3. The molecule has 4 aliphatic carbocycles. The fourth-order valence-corrected chi connectivity index (χ4v) is 7.84. The lowest BCUT2D eigenvalue weighted by molar-refractivity contribution is 0.573. The molecule has 0 amide bonds. The number of fused-ring (bicyclic) bond motifs is 12. The Hall–Kier alpha value is -4.36. The summed E-state index contributed by atoms with van der Waals surface area (Å²) in [4.78, 5) is 0. The highest BCUT2D eigenvalue weighted by molar-refractivity contribution is 6.11. The van der Waals surface area contributed by atoms with Crippen molar-refractivity contribution in [2.24, 2.45) is 0 Å². The number of allylic oxidation sites excluding steroid dienone is 9. The number of furan rings is 1. The topological polar surface area (TPSA) is 13.1 Å². The summed E-state index contributed by atoms with van der Waals surface area (Å²) in [7, 11) is 0. The van der Waals surface area contributed by atoms with Crippen molar-refractivity contribution in [3.8, 4) is 22.3 Å². The van der Waals surface area contributed by atoms with Gasteiger partial charge < -0.3 is 4.42 Å². The molecule has 3 aromatic carbocycles. The fraction of sp³-hybridized carbons (Fsp3) is 0.200. The summed E-state index contributed by atoms with van der Waals surface area (Å²) in [6.45, 7) is 14.1. The SMILES string of the molecule is C=C(/C=C1/C=CC=CC1)c1ccc2c(c1)C(C)(C)c1c3c(c4oc5c(c4c1-2)=CCC=CC=5)-c1ccccc1C3(C)C. The smallest absolute Gasteiger partial charge is 0.144 e. The van der Waals surface area contributed by atoms with Gasteiger partial charge in [0, 0.05) is 27.0 Å². The lowest BCUT2D eigenvalue weighted by Crippen LogP contribution is -2.25. The highest BCUT2D eigenvalue weighted by Gasteiger charge is 2.48. The van der Waals surface area contributed by atoms with Crippen LogP contribution < -0.4 is 10.6 Å². The Balaban J connectivity index is 1.46. The van der Waals surface area contributed by atoms with Crippen LogP contribution in [0.4, 0.5) is 0 Å². The molecule has 41 heavy (non-hydrogen) atoms. The first-order chi connectivity index (χ1) is 19.8. The van der Waals surface area contributed by atoms with Crippen molar-refractivity contribution in [2.45, 2.75) is 51.4 Å². The Kier molecular flexibility index (Phi) is 4.97. The van der Waals surface area contributed by atoms with Gasteiger partial charge in [0.25, 0.3) is 0 Å². The molecule has 0 bridgehead atoms. The van der Waals surface area contributed by atoms with Crippen molar-refractivity contribution in [1.82, 2.24) is 0 Å². The fourth-order valence-electron chi connectivity index (χ4n) is 7.84. The zero-order chi connectivity index (χ0) is 28.1. The Bertz CT molecular complexity index is 2100. The van der Waals surface area contributed by atoms with E-state index in [1.807, 2.05) is 0 Å². The van der Waals surface area contributed by atoms with Crippen molar-refractivity contribution in [2.75, 3.05) is 0 Å². The van der Waals surface area contributed by atoms with Gasteiger partial charge in [-0.2, -0.15) is 0 Å². The molecule has 1 heterocycles. The van der Waals surface area contributed by atoms with E-state index >= 15 is 0 Å². The second kappa shape index (κ2) is 8.33. The largest absolute Gasteiger partial charge is 0.455 e. The minimum atomic E-state index is -0.185. The molecule has 0 radical (unpaired) electrons. The van der Waals surface area contributed by atoms with Crippen LogP contribution >= 0.6 is 0 Å². The van der Waals surface area contributed by atoms with Crippen LogP contribution in [0.5, 0.6) is 0 Å². The molecule has 0 aliphatic heterocycles. The predicted molar refractivity (Wildman–Crippen MR) is 173 cm³/mol. The van der Waals surface area contributed by atoms with Gasteiger partial charge >= 0.3 is 0 Å². The first-order valence-corrected chi connectivity index (χ1v) is 14.8. The minimum Gasteiger partial charge on any atom is -0.455 e. The molecule has 200 valence electrons. The van der Waals surface area contributed by atoms with Gasteiger partial charge in [0.2, 0.25) is 0 Å². The van der Waals surface area contributed by atoms with Crippen LogP contribution in [0.15, 0.2) is 102 Å². The molecule has 0 spiro atoms. The number of hydrogen-bond donors (Lipinski definition) is 0. The van der Waals surface area contributed by atoms with Crippen LogP contribution in [-0.2, 0) is 10.8 Å². The third-order valence-electron chi connectivity index (χ3n) is 9.77. The van der Waals surface area contributed by atoms with Gasteiger partial charge in [-0.25, -0.2) is 0 Å². The molecule has 0 N–H and O–H groups in total. The van der Waals surface area contributed by atoms with E-state index in [-0.39, 0.29) is 10.8 Å². The monoisotopic (exact) mass is 530 g/mol.